The summed E-state index contributed by atoms with van der Waals surface area (Å²) in [5.41, 5.74) is 1.36. The van der Waals surface area contributed by atoms with Crippen LogP contribution in [-0.2, 0) is 13.1 Å². The number of rotatable bonds is 6. The highest BCUT2D eigenvalue weighted by Gasteiger charge is 2.34. The van der Waals surface area contributed by atoms with Crippen molar-refractivity contribution in [2.75, 3.05) is 0 Å². The van der Waals surface area contributed by atoms with Gasteiger partial charge < -0.3 is 9.47 Å². The molecule has 1 aliphatic carbocycles. The number of amides is 1. The molecular formula is C21H19ClFN3O. The number of halogens is 2. The molecule has 1 amide bonds. The minimum absolute atomic E-state index is 0.163. The molecule has 0 bridgehead atoms. The minimum atomic E-state index is -0.406. The summed E-state index contributed by atoms with van der Waals surface area (Å²) in [6, 6.07) is 13.7. The van der Waals surface area contributed by atoms with E-state index in [1.807, 2.05) is 35.0 Å². The summed E-state index contributed by atoms with van der Waals surface area (Å²) < 4.78 is 15.5. The van der Waals surface area contributed by atoms with Gasteiger partial charge in [0.05, 0.1) is 13.1 Å². The third kappa shape index (κ3) is 4.03. The standard InChI is InChI=1S/C21H19ClFN3O/c22-19-7-2-1-4-16(19)13-25-11-10-24-20(25)14-26(18-8-9-18)21(27)15-5-3-6-17(23)12-15/h1-7,10-12,18H,8-9,13-14H2. The maximum atomic E-state index is 13.5. The van der Waals surface area contributed by atoms with Gasteiger partial charge in [-0.05, 0) is 42.7 Å². The second-order valence-electron chi connectivity index (χ2n) is 6.74. The molecule has 0 unspecified atom stereocenters. The van der Waals surface area contributed by atoms with Crippen LogP contribution in [0.25, 0.3) is 0 Å². The Kier molecular flexibility index (Phi) is 4.94. The molecule has 1 aromatic heterocycles. The summed E-state index contributed by atoms with van der Waals surface area (Å²) in [4.78, 5) is 19.2. The maximum absolute atomic E-state index is 13.5. The Morgan fingerprint density at radius 1 is 1.22 bits per heavy atom. The second-order valence-corrected chi connectivity index (χ2v) is 7.14. The lowest BCUT2D eigenvalue weighted by Crippen LogP contribution is -2.33. The Balaban J connectivity index is 1.56. The van der Waals surface area contributed by atoms with Crippen LogP contribution in [0.5, 0.6) is 0 Å². The molecule has 27 heavy (non-hydrogen) atoms. The zero-order valence-electron chi connectivity index (χ0n) is 14.7. The molecule has 3 aromatic rings. The fourth-order valence-electron chi connectivity index (χ4n) is 3.14. The van der Waals surface area contributed by atoms with Crippen LogP contribution in [0.1, 0.15) is 34.6 Å². The van der Waals surface area contributed by atoms with Crippen molar-refractivity contribution in [3.05, 3.63) is 88.7 Å². The third-order valence-electron chi connectivity index (χ3n) is 4.73. The highest BCUT2D eigenvalue weighted by atomic mass is 35.5. The quantitative estimate of drug-likeness (QED) is 0.627. The molecule has 0 aliphatic heterocycles. The predicted octanol–water partition coefficient (Wildman–Crippen LogP) is 4.53. The highest BCUT2D eigenvalue weighted by molar-refractivity contribution is 6.31. The lowest BCUT2D eigenvalue weighted by Gasteiger charge is -2.23. The van der Waals surface area contributed by atoms with Crippen molar-refractivity contribution in [3.8, 4) is 0 Å². The molecule has 2 aromatic carbocycles. The van der Waals surface area contributed by atoms with Gasteiger partial charge in [-0.3, -0.25) is 4.79 Å². The number of benzene rings is 2. The van der Waals surface area contributed by atoms with E-state index in [1.165, 1.54) is 12.1 Å². The molecule has 0 atom stereocenters. The van der Waals surface area contributed by atoms with Crippen LogP contribution in [0.3, 0.4) is 0 Å². The topological polar surface area (TPSA) is 38.1 Å². The van der Waals surface area contributed by atoms with E-state index in [0.29, 0.717) is 23.7 Å². The van der Waals surface area contributed by atoms with Crippen molar-refractivity contribution in [1.82, 2.24) is 14.5 Å². The van der Waals surface area contributed by atoms with Crippen LogP contribution >= 0.6 is 11.6 Å². The Morgan fingerprint density at radius 2 is 2.04 bits per heavy atom. The molecule has 4 nitrogen and oxygen atoms in total. The van der Waals surface area contributed by atoms with E-state index in [4.69, 9.17) is 11.6 Å². The third-order valence-corrected chi connectivity index (χ3v) is 5.10. The van der Waals surface area contributed by atoms with Gasteiger partial charge in [-0.15, -0.1) is 0 Å². The van der Waals surface area contributed by atoms with E-state index in [2.05, 4.69) is 4.98 Å². The van der Waals surface area contributed by atoms with E-state index in [0.717, 1.165) is 24.2 Å². The largest absolute Gasteiger partial charge is 0.329 e. The van der Waals surface area contributed by atoms with Crippen LogP contribution in [0.4, 0.5) is 4.39 Å². The molecule has 1 aliphatic rings. The first-order valence-electron chi connectivity index (χ1n) is 8.92. The van der Waals surface area contributed by atoms with Gasteiger partial charge in [0.2, 0.25) is 0 Å². The molecular weight excluding hydrogens is 365 g/mol. The first-order valence-corrected chi connectivity index (χ1v) is 9.29. The van der Waals surface area contributed by atoms with E-state index in [-0.39, 0.29) is 11.9 Å². The SMILES string of the molecule is O=C(c1cccc(F)c1)N(Cc1nccn1Cc1ccccc1Cl)C1CC1. The average molecular weight is 384 g/mol. The molecule has 0 N–H and O–H groups in total. The van der Waals surface area contributed by atoms with Crippen molar-refractivity contribution < 1.29 is 9.18 Å². The molecule has 0 radical (unpaired) electrons. The number of hydrogen-bond donors (Lipinski definition) is 0. The van der Waals surface area contributed by atoms with E-state index in [9.17, 15) is 9.18 Å². The van der Waals surface area contributed by atoms with Crippen molar-refractivity contribution >= 4 is 17.5 Å². The average Bonchev–Trinajstić information content (AvgIpc) is 3.41. The van der Waals surface area contributed by atoms with Gasteiger partial charge in [0, 0.05) is 29.0 Å². The Morgan fingerprint density at radius 3 is 2.78 bits per heavy atom. The number of carbonyl (C=O) groups excluding carboxylic acids is 1. The van der Waals surface area contributed by atoms with Crippen LogP contribution in [0.2, 0.25) is 5.02 Å². The fraction of sp³-hybridized carbons (Fsp3) is 0.238. The van der Waals surface area contributed by atoms with Gasteiger partial charge in [0.15, 0.2) is 0 Å². The number of aromatic nitrogens is 2. The Labute approximate surface area is 162 Å². The number of carbonyl (C=O) groups is 1. The summed E-state index contributed by atoms with van der Waals surface area (Å²) in [7, 11) is 0. The smallest absolute Gasteiger partial charge is 0.254 e. The number of nitrogens with zero attached hydrogens (tertiary/aromatic N) is 3. The predicted molar refractivity (Wildman–Crippen MR) is 102 cm³/mol. The molecule has 138 valence electrons. The summed E-state index contributed by atoms with van der Waals surface area (Å²) in [6.07, 6.45) is 5.54. The second kappa shape index (κ2) is 7.53. The van der Waals surface area contributed by atoms with E-state index >= 15 is 0 Å². The molecule has 1 saturated carbocycles. The molecule has 4 rings (SSSR count). The van der Waals surface area contributed by atoms with Gasteiger partial charge >= 0.3 is 0 Å². The summed E-state index contributed by atoms with van der Waals surface area (Å²) in [5.74, 6) is 0.215. The van der Waals surface area contributed by atoms with E-state index in [1.54, 1.807) is 23.2 Å². The van der Waals surface area contributed by atoms with E-state index < -0.39 is 5.82 Å². The van der Waals surface area contributed by atoms with Gasteiger partial charge in [0.25, 0.3) is 5.91 Å². The fourth-order valence-corrected chi connectivity index (χ4v) is 3.33. The Hall–Kier alpha value is -2.66. The summed E-state index contributed by atoms with van der Waals surface area (Å²) >= 11 is 6.27. The first-order chi connectivity index (χ1) is 13.1. The van der Waals surface area contributed by atoms with Crippen LogP contribution in [0, 0.1) is 5.82 Å². The maximum Gasteiger partial charge on any atom is 0.254 e. The zero-order chi connectivity index (χ0) is 18.8. The van der Waals surface area contributed by atoms with Gasteiger partial charge in [-0.1, -0.05) is 35.9 Å². The lowest BCUT2D eigenvalue weighted by molar-refractivity contribution is 0.0723. The minimum Gasteiger partial charge on any atom is -0.329 e. The monoisotopic (exact) mass is 383 g/mol. The van der Waals surface area contributed by atoms with Gasteiger partial charge in [-0.25, -0.2) is 9.37 Å². The van der Waals surface area contributed by atoms with Crippen molar-refractivity contribution in [2.45, 2.75) is 32.0 Å². The number of imidazole rings is 1. The molecule has 0 saturated heterocycles. The molecule has 0 spiro atoms. The Bertz CT molecular complexity index is 967. The van der Waals surface area contributed by atoms with Crippen LogP contribution in [-0.4, -0.2) is 26.4 Å². The summed E-state index contributed by atoms with van der Waals surface area (Å²) in [5, 5.41) is 0.701. The van der Waals surface area contributed by atoms with Crippen molar-refractivity contribution in [3.63, 3.8) is 0 Å². The van der Waals surface area contributed by atoms with Crippen LogP contribution < -0.4 is 0 Å². The van der Waals surface area contributed by atoms with Crippen LogP contribution in [0.15, 0.2) is 60.9 Å². The first kappa shape index (κ1) is 17.7. The normalized spacial score (nSPS) is 13.6. The van der Waals surface area contributed by atoms with Crippen molar-refractivity contribution in [2.24, 2.45) is 0 Å². The number of hydrogen-bond acceptors (Lipinski definition) is 2. The molecule has 1 fully saturated rings. The molecule has 1 heterocycles. The van der Waals surface area contributed by atoms with Gasteiger partial charge in [-0.2, -0.15) is 0 Å². The lowest BCUT2D eigenvalue weighted by atomic mass is 10.2. The summed E-state index contributed by atoms with van der Waals surface area (Å²) in [6.45, 7) is 0.971. The highest BCUT2D eigenvalue weighted by Crippen LogP contribution is 2.30. The van der Waals surface area contributed by atoms with Gasteiger partial charge in [0.1, 0.15) is 11.6 Å². The zero-order valence-corrected chi connectivity index (χ0v) is 15.4. The van der Waals surface area contributed by atoms with Crippen molar-refractivity contribution in [1.29, 1.82) is 0 Å². The molecule has 6 heteroatoms.